The van der Waals surface area contributed by atoms with Gasteiger partial charge in [0, 0.05) is 12.5 Å². The first-order valence-electron chi connectivity index (χ1n) is 17.4. The second-order valence-electron chi connectivity index (χ2n) is 13.6. The molecular weight excluding hydrogens is 564 g/mol. The second-order valence-corrected chi connectivity index (χ2v) is 13.6. The van der Waals surface area contributed by atoms with Crippen LogP contribution in [0.25, 0.3) is 10.8 Å². The van der Waals surface area contributed by atoms with E-state index < -0.39 is 24.2 Å². The number of aliphatic hydroxyl groups is 1. The number of nitrogens with one attached hydrogen (secondary N) is 3. The standard InChI is InChI=1S/C37H58N4O4/c1-5-7-20-32(40-36(44)31(38)22-29-18-13-17-28-16-11-12-19-30(28)29)37(45)41-33(21-26-14-9-8-10-15-26)34(42)23-27(6-2)35(43)39-24-25(3)4/h11-13,16-19,25-27,31-34,42H,5-10,14-15,20-24,38H2,1-4H3,(H,39,43)(H,40,44)(H,41,45)/t27-,31+,32+,33+,34+/m1/s1. The molecule has 3 rings (SSSR count). The van der Waals surface area contributed by atoms with E-state index in [0.29, 0.717) is 44.1 Å². The predicted molar refractivity (Wildman–Crippen MR) is 182 cm³/mol. The van der Waals surface area contributed by atoms with Crippen molar-refractivity contribution in [1.29, 1.82) is 0 Å². The molecule has 1 saturated carbocycles. The quantitative estimate of drug-likeness (QED) is 0.152. The zero-order chi connectivity index (χ0) is 32.8. The summed E-state index contributed by atoms with van der Waals surface area (Å²) >= 11 is 0. The maximum atomic E-state index is 13.8. The Morgan fingerprint density at radius 1 is 0.933 bits per heavy atom. The zero-order valence-corrected chi connectivity index (χ0v) is 28.0. The number of hydrogen-bond acceptors (Lipinski definition) is 5. The van der Waals surface area contributed by atoms with Crippen LogP contribution in [0.4, 0.5) is 0 Å². The third-order valence-corrected chi connectivity index (χ3v) is 9.31. The van der Waals surface area contributed by atoms with Crippen LogP contribution in [0, 0.1) is 17.8 Å². The predicted octanol–water partition coefficient (Wildman–Crippen LogP) is 5.39. The van der Waals surface area contributed by atoms with E-state index in [1.54, 1.807) is 0 Å². The summed E-state index contributed by atoms with van der Waals surface area (Å²) in [4.78, 5) is 40.1. The number of nitrogens with two attached hydrogens (primary N) is 1. The summed E-state index contributed by atoms with van der Waals surface area (Å²) in [5.74, 6) is -0.312. The molecule has 0 bridgehead atoms. The fourth-order valence-electron chi connectivity index (χ4n) is 6.50. The summed E-state index contributed by atoms with van der Waals surface area (Å²) in [6.07, 6.45) is 8.82. The Balaban J connectivity index is 1.71. The normalized spacial score (nSPS) is 17.3. The molecule has 2 aromatic rings. The number of unbranched alkanes of at least 4 members (excludes halogenated alkanes) is 1. The molecule has 1 aliphatic carbocycles. The van der Waals surface area contributed by atoms with Crippen LogP contribution in [-0.4, -0.2) is 53.6 Å². The second kappa shape index (κ2) is 18.9. The fourth-order valence-corrected chi connectivity index (χ4v) is 6.50. The first kappa shape index (κ1) is 36.5. The van der Waals surface area contributed by atoms with Gasteiger partial charge in [-0.2, -0.15) is 0 Å². The minimum Gasteiger partial charge on any atom is -0.391 e. The molecule has 0 aliphatic heterocycles. The Hall–Kier alpha value is -2.97. The number of carbonyl (C=O) groups excluding carboxylic acids is 3. The number of fused-ring (bicyclic) bond motifs is 1. The minimum atomic E-state index is -0.873. The van der Waals surface area contributed by atoms with Gasteiger partial charge in [-0.1, -0.05) is 115 Å². The molecule has 0 saturated heterocycles. The van der Waals surface area contributed by atoms with Crippen molar-refractivity contribution in [3.63, 3.8) is 0 Å². The molecule has 8 heteroatoms. The molecule has 0 heterocycles. The molecule has 250 valence electrons. The van der Waals surface area contributed by atoms with Crippen LogP contribution in [0.1, 0.15) is 104 Å². The van der Waals surface area contributed by atoms with E-state index >= 15 is 0 Å². The highest BCUT2D eigenvalue weighted by Gasteiger charge is 2.32. The van der Waals surface area contributed by atoms with Gasteiger partial charge in [-0.25, -0.2) is 0 Å². The zero-order valence-electron chi connectivity index (χ0n) is 28.0. The maximum Gasteiger partial charge on any atom is 0.242 e. The monoisotopic (exact) mass is 622 g/mol. The summed E-state index contributed by atoms with van der Waals surface area (Å²) in [6.45, 7) is 8.70. The number of rotatable bonds is 18. The molecule has 1 fully saturated rings. The summed E-state index contributed by atoms with van der Waals surface area (Å²) in [5, 5.41) is 22.7. The van der Waals surface area contributed by atoms with E-state index in [0.717, 1.165) is 54.9 Å². The lowest BCUT2D eigenvalue weighted by Crippen LogP contribution is -2.56. The smallest absolute Gasteiger partial charge is 0.242 e. The van der Waals surface area contributed by atoms with Crippen molar-refractivity contribution in [2.75, 3.05) is 6.54 Å². The summed E-state index contributed by atoms with van der Waals surface area (Å²) in [7, 11) is 0. The Morgan fingerprint density at radius 2 is 1.64 bits per heavy atom. The summed E-state index contributed by atoms with van der Waals surface area (Å²) in [6, 6.07) is 11.9. The van der Waals surface area contributed by atoms with E-state index in [1.165, 1.54) is 6.42 Å². The minimum absolute atomic E-state index is 0.0544. The average Bonchev–Trinajstić information content (AvgIpc) is 3.04. The summed E-state index contributed by atoms with van der Waals surface area (Å²) < 4.78 is 0. The van der Waals surface area contributed by atoms with Gasteiger partial charge in [0.05, 0.1) is 18.2 Å². The molecular formula is C37H58N4O4. The van der Waals surface area contributed by atoms with Gasteiger partial charge in [0.2, 0.25) is 17.7 Å². The van der Waals surface area contributed by atoms with Gasteiger partial charge < -0.3 is 26.8 Å². The van der Waals surface area contributed by atoms with E-state index in [9.17, 15) is 19.5 Å². The molecule has 8 nitrogen and oxygen atoms in total. The van der Waals surface area contributed by atoms with Crippen LogP contribution in [0.5, 0.6) is 0 Å². The van der Waals surface area contributed by atoms with E-state index in [4.69, 9.17) is 5.73 Å². The highest BCUT2D eigenvalue weighted by atomic mass is 16.3. The molecule has 0 radical (unpaired) electrons. The van der Waals surface area contributed by atoms with Crippen LogP contribution in [0.3, 0.4) is 0 Å². The van der Waals surface area contributed by atoms with E-state index in [2.05, 4.69) is 29.8 Å². The molecule has 6 N–H and O–H groups in total. The Labute approximate surface area is 270 Å². The third-order valence-electron chi connectivity index (χ3n) is 9.31. The molecule has 0 aromatic heterocycles. The van der Waals surface area contributed by atoms with Crippen LogP contribution >= 0.6 is 0 Å². The van der Waals surface area contributed by atoms with Crippen molar-refractivity contribution in [3.05, 3.63) is 48.0 Å². The molecule has 0 unspecified atom stereocenters. The Bertz CT molecular complexity index is 1210. The molecule has 1 aliphatic rings. The lowest BCUT2D eigenvalue weighted by atomic mass is 9.82. The van der Waals surface area contributed by atoms with Gasteiger partial charge in [-0.05, 0) is 60.3 Å². The van der Waals surface area contributed by atoms with Crippen molar-refractivity contribution in [2.24, 2.45) is 23.5 Å². The van der Waals surface area contributed by atoms with E-state index in [1.807, 2.05) is 56.3 Å². The Morgan fingerprint density at radius 3 is 2.33 bits per heavy atom. The fraction of sp³-hybridized carbons (Fsp3) is 0.649. The lowest BCUT2D eigenvalue weighted by Gasteiger charge is -2.33. The van der Waals surface area contributed by atoms with Gasteiger partial charge in [-0.15, -0.1) is 0 Å². The van der Waals surface area contributed by atoms with Crippen LogP contribution in [0.2, 0.25) is 0 Å². The number of benzene rings is 2. The molecule has 5 atom stereocenters. The van der Waals surface area contributed by atoms with E-state index in [-0.39, 0.29) is 30.1 Å². The molecule has 2 aromatic carbocycles. The topological polar surface area (TPSA) is 134 Å². The molecule has 0 spiro atoms. The van der Waals surface area contributed by atoms with Crippen molar-refractivity contribution in [3.8, 4) is 0 Å². The highest BCUT2D eigenvalue weighted by Crippen LogP contribution is 2.29. The molecule has 45 heavy (non-hydrogen) atoms. The van der Waals surface area contributed by atoms with Crippen LogP contribution in [0.15, 0.2) is 42.5 Å². The van der Waals surface area contributed by atoms with Crippen molar-refractivity contribution < 1.29 is 19.5 Å². The Kier molecular flexibility index (Phi) is 15.3. The van der Waals surface area contributed by atoms with Gasteiger partial charge in [0.1, 0.15) is 6.04 Å². The van der Waals surface area contributed by atoms with Crippen LogP contribution in [-0.2, 0) is 20.8 Å². The number of amides is 3. The van der Waals surface area contributed by atoms with Crippen molar-refractivity contribution in [1.82, 2.24) is 16.0 Å². The van der Waals surface area contributed by atoms with Gasteiger partial charge in [-0.3, -0.25) is 14.4 Å². The number of carbonyl (C=O) groups is 3. The number of aliphatic hydroxyl groups excluding tert-OH is 1. The van der Waals surface area contributed by atoms with Crippen LogP contribution < -0.4 is 21.7 Å². The maximum absolute atomic E-state index is 13.8. The lowest BCUT2D eigenvalue weighted by molar-refractivity contribution is -0.131. The third kappa shape index (κ3) is 11.7. The first-order chi connectivity index (χ1) is 21.6. The average molecular weight is 623 g/mol. The van der Waals surface area contributed by atoms with Gasteiger partial charge >= 0.3 is 0 Å². The van der Waals surface area contributed by atoms with Crippen molar-refractivity contribution in [2.45, 2.75) is 129 Å². The summed E-state index contributed by atoms with van der Waals surface area (Å²) in [5.41, 5.74) is 7.40. The largest absolute Gasteiger partial charge is 0.391 e. The highest BCUT2D eigenvalue weighted by molar-refractivity contribution is 5.91. The number of hydrogen-bond donors (Lipinski definition) is 5. The van der Waals surface area contributed by atoms with Gasteiger partial charge in [0.15, 0.2) is 0 Å². The van der Waals surface area contributed by atoms with Gasteiger partial charge in [0.25, 0.3) is 0 Å². The SMILES string of the molecule is CCCC[C@H](NC(=O)[C@@H](N)Cc1cccc2ccccc12)C(=O)N[C@@H](CC1CCCCC1)[C@@H](O)C[C@@H](CC)C(=O)NCC(C)C. The first-order valence-corrected chi connectivity index (χ1v) is 17.4. The van der Waals surface area contributed by atoms with Crippen molar-refractivity contribution >= 4 is 28.5 Å². The molecule has 3 amide bonds.